The molecule has 0 fully saturated rings. The Balaban J connectivity index is 0.00000242. The van der Waals surface area contributed by atoms with E-state index < -0.39 is 5.63 Å². The van der Waals surface area contributed by atoms with Gasteiger partial charge in [-0.15, -0.1) is 12.4 Å². The SMILES string of the molecule is CNCCCNC(=O)COc1ccc2ccc(=O)oc2c1.Cl. The maximum atomic E-state index is 11.6. The average Bonchev–Trinajstić information content (AvgIpc) is 2.49. The molecule has 2 N–H and O–H groups in total. The molecule has 1 aromatic carbocycles. The smallest absolute Gasteiger partial charge is 0.336 e. The maximum Gasteiger partial charge on any atom is 0.336 e. The van der Waals surface area contributed by atoms with E-state index >= 15 is 0 Å². The summed E-state index contributed by atoms with van der Waals surface area (Å²) in [5.74, 6) is 0.308. The van der Waals surface area contributed by atoms with Crippen molar-refractivity contribution in [2.24, 2.45) is 0 Å². The summed E-state index contributed by atoms with van der Waals surface area (Å²) in [6, 6.07) is 8.15. The zero-order valence-electron chi connectivity index (χ0n) is 12.3. The molecule has 0 unspecified atom stereocenters. The van der Waals surface area contributed by atoms with Crippen molar-refractivity contribution in [2.75, 3.05) is 26.7 Å². The normalized spacial score (nSPS) is 10.0. The summed E-state index contributed by atoms with van der Waals surface area (Å²) < 4.78 is 10.4. The van der Waals surface area contributed by atoms with Crippen LogP contribution in [-0.4, -0.2) is 32.7 Å². The van der Waals surface area contributed by atoms with Crippen LogP contribution in [0.4, 0.5) is 0 Å². The number of carbonyl (C=O) groups is 1. The summed E-state index contributed by atoms with van der Waals surface area (Å²) in [5, 5.41) is 6.56. The lowest BCUT2D eigenvalue weighted by molar-refractivity contribution is -0.123. The van der Waals surface area contributed by atoms with E-state index in [4.69, 9.17) is 9.15 Å². The van der Waals surface area contributed by atoms with Crippen LogP contribution in [0, 0.1) is 0 Å². The lowest BCUT2D eigenvalue weighted by atomic mass is 10.2. The highest BCUT2D eigenvalue weighted by Crippen LogP contribution is 2.19. The second-order valence-electron chi connectivity index (χ2n) is 4.55. The summed E-state index contributed by atoms with van der Waals surface area (Å²) >= 11 is 0. The monoisotopic (exact) mass is 326 g/mol. The first-order valence-corrected chi connectivity index (χ1v) is 6.77. The van der Waals surface area contributed by atoms with Gasteiger partial charge in [0.1, 0.15) is 11.3 Å². The Labute approximate surface area is 134 Å². The van der Waals surface area contributed by atoms with E-state index in [-0.39, 0.29) is 24.9 Å². The maximum absolute atomic E-state index is 11.6. The van der Waals surface area contributed by atoms with Gasteiger partial charge in [0.2, 0.25) is 0 Å². The molecule has 120 valence electrons. The van der Waals surface area contributed by atoms with Gasteiger partial charge in [0, 0.05) is 24.1 Å². The van der Waals surface area contributed by atoms with Gasteiger partial charge in [0.25, 0.3) is 5.91 Å². The lowest BCUT2D eigenvalue weighted by Crippen LogP contribution is -2.30. The van der Waals surface area contributed by atoms with Crippen LogP contribution in [0.25, 0.3) is 11.0 Å². The molecule has 0 saturated carbocycles. The van der Waals surface area contributed by atoms with Crippen LogP contribution in [-0.2, 0) is 4.79 Å². The Bertz CT molecular complexity index is 672. The van der Waals surface area contributed by atoms with Gasteiger partial charge in [-0.2, -0.15) is 0 Å². The molecular weight excluding hydrogens is 308 g/mol. The highest BCUT2D eigenvalue weighted by atomic mass is 35.5. The molecular formula is C15H19ClN2O4. The van der Waals surface area contributed by atoms with E-state index in [1.54, 1.807) is 24.3 Å². The van der Waals surface area contributed by atoms with Crippen LogP contribution in [0.5, 0.6) is 5.75 Å². The fraction of sp³-hybridized carbons (Fsp3) is 0.333. The van der Waals surface area contributed by atoms with Gasteiger partial charge in [-0.05, 0) is 38.2 Å². The molecule has 1 heterocycles. The number of rotatable bonds is 7. The summed E-state index contributed by atoms with van der Waals surface area (Å²) in [5.41, 5.74) is 0.0244. The number of nitrogens with one attached hydrogen (secondary N) is 2. The third-order valence-corrected chi connectivity index (χ3v) is 2.89. The fourth-order valence-corrected chi connectivity index (χ4v) is 1.82. The van der Waals surface area contributed by atoms with Crippen LogP contribution in [0.2, 0.25) is 0 Å². The van der Waals surface area contributed by atoms with Crippen molar-refractivity contribution in [3.8, 4) is 5.75 Å². The van der Waals surface area contributed by atoms with Gasteiger partial charge in [-0.25, -0.2) is 4.79 Å². The van der Waals surface area contributed by atoms with E-state index in [0.29, 0.717) is 17.9 Å². The van der Waals surface area contributed by atoms with E-state index in [0.717, 1.165) is 18.4 Å². The van der Waals surface area contributed by atoms with Gasteiger partial charge in [-0.3, -0.25) is 4.79 Å². The minimum atomic E-state index is -0.415. The quantitative estimate of drug-likeness (QED) is 0.592. The average molecular weight is 327 g/mol. The standard InChI is InChI=1S/C15H18N2O4.ClH/c1-16-7-2-8-17-14(18)10-20-12-5-3-11-4-6-15(19)21-13(11)9-12;/h3-6,9,16H,2,7-8,10H2,1H3,(H,17,18);1H. The van der Waals surface area contributed by atoms with Crippen molar-refractivity contribution < 1.29 is 13.9 Å². The molecule has 0 aliphatic rings. The Kier molecular flexibility index (Phi) is 7.42. The molecule has 0 bridgehead atoms. The highest BCUT2D eigenvalue weighted by molar-refractivity contribution is 5.85. The molecule has 0 aliphatic heterocycles. The number of halogens is 1. The van der Waals surface area contributed by atoms with Crippen LogP contribution in [0.3, 0.4) is 0 Å². The van der Waals surface area contributed by atoms with Crippen LogP contribution in [0.15, 0.2) is 39.5 Å². The van der Waals surface area contributed by atoms with Gasteiger partial charge in [-0.1, -0.05) is 0 Å². The van der Waals surface area contributed by atoms with E-state index in [9.17, 15) is 9.59 Å². The summed E-state index contributed by atoms with van der Waals surface area (Å²) in [6.07, 6.45) is 0.864. The third kappa shape index (κ3) is 5.38. The number of hydrogen-bond acceptors (Lipinski definition) is 5. The summed E-state index contributed by atoms with van der Waals surface area (Å²) in [6.45, 7) is 1.39. The van der Waals surface area contributed by atoms with Crippen LogP contribution in [0.1, 0.15) is 6.42 Å². The summed E-state index contributed by atoms with van der Waals surface area (Å²) in [4.78, 5) is 22.7. The van der Waals surface area contributed by atoms with Gasteiger partial charge < -0.3 is 19.8 Å². The number of ether oxygens (including phenoxy) is 1. The zero-order valence-corrected chi connectivity index (χ0v) is 13.1. The number of fused-ring (bicyclic) bond motifs is 1. The third-order valence-electron chi connectivity index (χ3n) is 2.89. The number of amides is 1. The second kappa shape index (κ2) is 9.07. The van der Waals surface area contributed by atoms with Crippen molar-refractivity contribution in [3.63, 3.8) is 0 Å². The largest absolute Gasteiger partial charge is 0.484 e. The minimum Gasteiger partial charge on any atom is -0.484 e. The predicted octanol–water partition coefficient (Wildman–Crippen LogP) is 1.32. The highest BCUT2D eigenvalue weighted by Gasteiger charge is 2.04. The van der Waals surface area contributed by atoms with Crippen LogP contribution >= 0.6 is 12.4 Å². The first-order chi connectivity index (χ1) is 10.2. The molecule has 0 spiro atoms. The van der Waals surface area contributed by atoms with E-state index in [1.807, 2.05) is 7.05 Å². The van der Waals surface area contributed by atoms with Gasteiger partial charge in [0.05, 0.1) is 0 Å². The van der Waals surface area contributed by atoms with Crippen molar-refractivity contribution >= 4 is 29.3 Å². The first kappa shape index (κ1) is 18.0. The summed E-state index contributed by atoms with van der Waals surface area (Å²) in [7, 11) is 1.86. The molecule has 7 heteroatoms. The minimum absolute atomic E-state index is 0. The molecule has 2 aromatic rings. The van der Waals surface area contributed by atoms with Gasteiger partial charge >= 0.3 is 5.63 Å². The molecule has 0 atom stereocenters. The van der Waals surface area contributed by atoms with Crippen molar-refractivity contribution in [1.82, 2.24) is 10.6 Å². The first-order valence-electron chi connectivity index (χ1n) is 6.77. The second-order valence-corrected chi connectivity index (χ2v) is 4.55. The molecule has 0 radical (unpaired) electrons. The number of benzene rings is 1. The van der Waals surface area contributed by atoms with E-state index in [1.165, 1.54) is 6.07 Å². The van der Waals surface area contributed by atoms with Crippen molar-refractivity contribution in [1.29, 1.82) is 0 Å². The molecule has 6 nitrogen and oxygen atoms in total. The van der Waals surface area contributed by atoms with Crippen LogP contribution < -0.4 is 21.0 Å². The van der Waals surface area contributed by atoms with E-state index in [2.05, 4.69) is 10.6 Å². The molecule has 1 aromatic heterocycles. The predicted molar refractivity (Wildman–Crippen MR) is 86.8 cm³/mol. The fourth-order valence-electron chi connectivity index (χ4n) is 1.82. The molecule has 1 amide bonds. The zero-order chi connectivity index (χ0) is 15.1. The Morgan fingerprint density at radius 3 is 2.77 bits per heavy atom. The molecule has 0 aliphatic carbocycles. The Morgan fingerprint density at radius 2 is 2.00 bits per heavy atom. The molecule has 2 rings (SSSR count). The van der Waals surface area contributed by atoms with Crippen molar-refractivity contribution in [3.05, 3.63) is 40.8 Å². The molecule has 22 heavy (non-hydrogen) atoms. The topological polar surface area (TPSA) is 80.6 Å². The van der Waals surface area contributed by atoms with Gasteiger partial charge in [0.15, 0.2) is 6.61 Å². The number of hydrogen-bond donors (Lipinski definition) is 2. The Hall–Kier alpha value is -2.05. The lowest BCUT2D eigenvalue weighted by Gasteiger charge is -2.07. The van der Waals surface area contributed by atoms with Crippen molar-refractivity contribution in [2.45, 2.75) is 6.42 Å². The molecule has 0 saturated heterocycles. The Morgan fingerprint density at radius 1 is 1.23 bits per heavy atom. The number of carbonyl (C=O) groups excluding carboxylic acids is 1.